The fourth-order valence-electron chi connectivity index (χ4n) is 3.72. The number of aromatic nitrogens is 2. The van der Waals surface area contributed by atoms with Crippen LogP contribution in [0.25, 0.3) is 0 Å². The average molecular weight is 452 g/mol. The summed E-state index contributed by atoms with van der Waals surface area (Å²) in [4.78, 5) is 31.7. The zero-order valence-electron chi connectivity index (χ0n) is 16.3. The van der Waals surface area contributed by atoms with Gasteiger partial charge in [-0.3, -0.25) is 4.79 Å². The van der Waals surface area contributed by atoms with Crippen molar-refractivity contribution in [1.29, 1.82) is 0 Å². The third-order valence-electron chi connectivity index (χ3n) is 5.24. The van der Waals surface area contributed by atoms with Crippen molar-refractivity contribution in [3.05, 3.63) is 46.9 Å². The van der Waals surface area contributed by atoms with Gasteiger partial charge in [0.15, 0.2) is 21.3 Å². The smallest absolute Gasteiger partial charge is 0.356 e. The molecule has 2 N–H and O–H groups in total. The van der Waals surface area contributed by atoms with Crippen LogP contribution in [-0.2, 0) is 14.6 Å². The number of amides is 1. The molecule has 30 heavy (non-hydrogen) atoms. The van der Waals surface area contributed by atoms with Crippen molar-refractivity contribution >= 4 is 39.1 Å². The molecule has 1 aliphatic carbocycles. The number of carbonyl (C=O) groups is 2. The number of sulfone groups is 1. The molecule has 0 saturated heterocycles. The van der Waals surface area contributed by atoms with Crippen LogP contribution in [-0.4, -0.2) is 41.6 Å². The van der Waals surface area contributed by atoms with E-state index >= 15 is 0 Å². The Labute approximate surface area is 179 Å². The number of nitrogens with zero attached hydrogens (tertiary/aromatic N) is 2. The summed E-state index contributed by atoms with van der Waals surface area (Å²) < 4.78 is 23.7. The van der Waals surface area contributed by atoms with Gasteiger partial charge >= 0.3 is 5.97 Å². The molecular weight excluding hydrogens is 430 g/mol. The van der Waals surface area contributed by atoms with Gasteiger partial charge in [-0.2, -0.15) is 0 Å². The van der Waals surface area contributed by atoms with E-state index in [9.17, 15) is 18.0 Å². The van der Waals surface area contributed by atoms with Crippen molar-refractivity contribution in [2.75, 3.05) is 11.6 Å². The van der Waals surface area contributed by atoms with Crippen LogP contribution in [0.3, 0.4) is 0 Å². The number of rotatable bonds is 7. The Bertz CT molecular complexity index is 1050. The molecule has 3 rings (SSSR count). The summed E-state index contributed by atoms with van der Waals surface area (Å²) in [6.45, 7) is 0. The van der Waals surface area contributed by atoms with E-state index in [1.165, 1.54) is 18.3 Å². The summed E-state index contributed by atoms with van der Waals surface area (Å²) in [5.74, 6) is -1.57. The highest BCUT2D eigenvalue weighted by molar-refractivity contribution is 7.90. The zero-order valence-corrected chi connectivity index (χ0v) is 17.9. The van der Waals surface area contributed by atoms with Gasteiger partial charge in [0.1, 0.15) is 0 Å². The number of carboxylic acids is 1. The molecule has 0 unspecified atom stereocenters. The maximum absolute atomic E-state index is 13.1. The second-order valence-electron chi connectivity index (χ2n) is 7.48. The van der Waals surface area contributed by atoms with E-state index in [0.717, 1.165) is 38.1 Å². The number of anilines is 1. The highest BCUT2D eigenvalue weighted by Crippen LogP contribution is 2.36. The maximum Gasteiger partial charge on any atom is 0.356 e. The van der Waals surface area contributed by atoms with Gasteiger partial charge in [0, 0.05) is 6.26 Å². The standard InChI is InChI=1S/C20H22ClN3O5S/c1-30(28,29)17-7-6-13(9-15(17)21)14(8-12-4-2-3-5-12)19(25)24-18-11-22-16(10-23-18)20(26)27/h6-7,9-12,14H,2-5,8H2,1H3,(H,26,27)(H,23,24,25)/t14-/m1/s1. The molecule has 0 spiro atoms. The summed E-state index contributed by atoms with van der Waals surface area (Å²) in [6.07, 6.45) is 8.24. The molecule has 0 radical (unpaired) electrons. The summed E-state index contributed by atoms with van der Waals surface area (Å²) >= 11 is 6.20. The molecule has 0 bridgehead atoms. The first-order valence-electron chi connectivity index (χ1n) is 9.51. The number of benzene rings is 1. The first kappa shape index (κ1) is 22.2. The average Bonchev–Trinajstić information content (AvgIpc) is 3.18. The first-order valence-corrected chi connectivity index (χ1v) is 11.8. The number of aromatic carboxylic acids is 1. The van der Waals surface area contributed by atoms with E-state index in [1.807, 2.05) is 0 Å². The SMILES string of the molecule is CS(=O)(=O)c1ccc([C@@H](CC2CCCC2)C(=O)Nc2cnc(C(=O)O)cn2)cc1Cl. The molecule has 1 amide bonds. The molecule has 1 fully saturated rings. The third kappa shape index (κ3) is 5.34. The molecule has 1 aliphatic rings. The number of hydrogen-bond donors (Lipinski definition) is 2. The van der Waals surface area contributed by atoms with Gasteiger partial charge in [0.25, 0.3) is 0 Å². The van der Waals surface area contributed by atoms with E-state index in [1.54, 1.807) is 6.07 Å². The minimum atomic E-state index is -3.48. The van der Waals surface area contributed by atoms with Crippen molar-refractivity contribution in [2.45, 2.75) is 42.9 Å². The molecule has 1 heterocycles. The Morgan fingerprint density at radius 3 is 2.47 bits per heavy atom. The highest BCUT2D eigenvalue weighted by Gasteiger charge is 2.28. The predicted molar refractivity (Wildman–Crippen MR) is 111 cm³/mol. The van der Waals surface area contributed by atoms with E-state index in [2.05, 4.69) is 15.3 Å². The zero-order chi connectivity index (χ0) is 21.9. The Morgan fingerprint density at radius 2 is 1.93 bits per heavy atom. The molecule has 160 valence electrons. The molecule has 1 saturated carbocycles. The summed E-state index contributed by atoms with van der Waals surface area (Å²) in [5.41, 5.74) is 0.394. The lowest BCUT2D eigenvalue weighted by atomic mass is 9.87. The monoisotopic (exact) mass is 451 g/mol. The van der Waals surface area contributed by atoms with Crippen molar-refractivity contribution in [2.24, 2.45) is 5.92 Å². The second-order valence-corrected chi connectivity index (χ2v) is 9.87. The van der Waals surface area contributed by atoms with Crippen LogP contribution in [0.1, 0.15) is 54.1 Å². The fourth-order valence-corrected chi connectivity index (χ4v) is 5.06. The molecule has 2 aromatic rings. The maximum atomic E-state index is 13.1. The number of nitrogens with one attached hydrogen (secondary N) is 1. The van der Waals surface area contributed by atoms with Gasteiger partial charge in [-0.25, -0.2) is 23.2 Å². The van der Waals surface area contributed by atoms with Gasteiger partial charge in [-0.05, 0) is 30.0 Å². The van der Waals surface area contributed by atoms with Crippen LogP contribution in [0.15, 0.2) is 35.5 Å². The molecular formula is C20H22ClN3O5S. The Hall–Kier alpha value is -2.52. The second kappa shape index (κ2) is 9.09. The van der Waals surface area contributed by atoms with Crippen molar-refractivity contribution < 1.29 is 23.1 Å². The lowest BCUT2D eigenvalue weighted by Gasteiger charge is -2.21. The number of carboxylic acid groups (broad SMARTS) is 1. The van der Waals surface area contributed by atoms with Gasteiger partial charge < -0.3 is 10.4 Å². The topological polar surface area (TPSA) is 126 Å². The van der Waals surface area contributed by atoms with E-state index in [0.29, 0.717) is 17.9 Å². The minimum absolute atomic E-state index is 0.0167. The molecule has 1 atom stereocenters. The van der Waals surface area contributed by atoms with Crippen LogP contribution in [0.4, 0.5) is 5.82 Å². The van der Waals surface area contributed by atoms with E-state index < -0.39 is 21.7 Å². The first-order chi connectivity index (χ1) is 14.1. The predicted octanol–water partition coefficient (Wildman–Crippen LogP) is 3.53. The quantitative estimate of drug-likeness (QED) is 0.659. The Balaban J connectivity index is 1.87. The number of carbonyl (C=O) groups excluding carboxylic acids is 1. The van der Waals surface area contributed by atoms with Gasteiger partial charge in [-0.15, -0.1) is 0 Å². The van der Waals surface area contributed by atoms with Crippen molar-refractivity contribution in [3.63, 3.8) is 0 Å². The third-order valence-corrected chi connectivity index (χ3v) is 6.82. The van der Waals surface area contributed by atoms with Crippen LogP contribution in [0.2, 0.25) is 5.02 Å². The fraction of sp³-hybridized carbons (Fsp3) is 0.400. The lowest BCUT2D eigenvalue weighted by Crippen LogP contribution is -2.24. The van der Waals surface area contributed by atoms with Crippen molar-refractivity contribution in [3.8, 4) is 0 Å². The van der Waals surface area contributed by atoms with Crippen LogP contribution in [0.5, 0.6) is 0 Å². The van der Waals surface area contributed by atoms with Crippen LogP contribution >= 0.6 is 11.6 Å². The molecule has 1 aromatic heterocycles. The molecule has 0 aliphatic heterocycles. The highest BCUT2D eigenvalue weighted by atomic mass is 35.5. The van der Waals surface area contributed by atoms with Crippen LogP contribution in [0, 0.1) is 5.92 Å². The van der Waals surface area contributed by atoms with Gasteiger partial charge in [0.05, 0.1) is 28.2 Å². The van der Waals surface area contributed by atoms with Gasteiger partial charge in [-0.1, -0.05) is 43.4 Å². The summed E-state index contributed by atoms with van der Waals surface area (Å²) in [7, 11) is -3.48. The normalized spacial score (nSPS) is 15.7. The Kier molecular flexibility index (Phi) is 6.72. The van der Waals surface area contributed by atoms with Crippen LogP contribution < -0.4 is 5.32 Å². The van der Waals surface area contributed by atoms with Gasteiger partial charge in [0.2, 0.25) is 5.91 Å². The molecule has 10 heteroatoms. The Morgan fingerprint density at radius 1 is 1.23 bits per heavy atom. The summed E-state index contributed by atoms with van der Waals surface area (Å²) in [6, 6.07) is 4.56. The number of hydrogen-bond acceptors (Lipinski definition) is 6. The van der Waals surface area contributed by atoms with Crippen molar-refractivity contribution in [1.82, 2.24) is 9.97 Å². The minimum Gasteiger partial charge on any atom is -0.476 e. The lowest BCUT2D eigenvalue weighted by molar-refractivity contribution is -0.118. The molecule has 8 nitrogen and oxygen atoms in total. The largest absolute Gasteiger partial charge is 0.476 e. The van der Waals surface area contributed by atoms with E-state index in [-0.39, 0.29) is 27.3 Å². The number of halogens is 1. The summed E-state index contributed by atoms with van der Waals surface area (Å²) in [5, 5.41) is 11.7. The molecule has 1 aromatic carbocycles. The van der Waals surface area contributed by atoms with E-state index in [4.69, 9.17) is 16.7 Å².